The lowest BCUT2D eigenvalue weighted by molar-refractivity contribution is -0.130. The number of hydrogen-bond donors (Lipinski definition) is 1. The first-order valence-electron chi connectivity index (χ1n) is 8.05. The molecule has 0 aliphatic carbocycles. The lowest BCUT2D eigenvalue weighted by Crippen LogP contribution is -2.45. The van der Waals surface area contributed by atoms with Crippen molar-refractivity contribution >= 4 is 12.0 Å². The molecule has 6 nitrogen and oxygen atoms in total. The van der Waals surface area contributed by atoms with Gasteiger partial charge in [-0.25, -0.2) is 4.79 Å². The third kappa shape index (κ3) is 5.91. The van der Waals surface area contributed by atoms with Gasteiger partial charge in [-0.05, 0) is 33.6 Å². The van der Waals surface area contributed by atoms with Crippen LogP contribution in [0.25, 0.3) is 0 Å². The zero-order valence-corrected chi connectivity index (χ0v) is 13.6. The number of ether oxygens (including phenoxy) is 1. The summed E-state index contributed by atoms with van der Waals surface area (Å²) in [7, 11) is 0. The SMILES string of the molecule is CCOC(=O)N1CCC(NCCC(=O)N(CC)CC)CC1. The van der Waals surface area contributed by atoms with Gasteiger partial charge in [0.2, 0.25) is 5.91 Å². The van der Waals surface area contributed by atoms with Crippen molar-refractivity contribution in [2.24, 2.45) is 0 Å². The van der Waals surface area contributed by atoms with Crippen molar-refractivity contribution < 1.29 is 14.3 Å². The number of likely N-dealkylation sites (tertiary alicyclic amines) is 1. The third-order valence-corrected chi connectivity index (χ3v) is 3.91. The van der Waals surface area contributed by atoms with Crippen LogP contribution in [0.5, 0.6) is 0 Å². The maximum Gasteiger partial charge on any atom is 0.409 e. The van der Waals surface area contributed by atoms with Crippen molar-refractivity contribution in [3.63, 3.8) is 0 Å². The van der Waals surface area contributed by atoms with Crippen LogP contribution in [-0.4, -0.2) is 67.2 Å². The van der Waals surface area contributed by atoms with Gasteiger partial charge in [-0.2, -0.15) is 0 Å². The minimum absolute atomic E-state index is 0.205. The second-order valence-electron chi connectivity index (χ2n) is 5.23. The molecule has 0 aromatic rings. The first-order chi connectivity index (χ1) is 10.1. The summed E-state index contributed by atoms with van der Waals surface area (Å²) in [6.45, 7) is 9.93. The van der Waals surface area contributed by atoms with Crippen LogP contribution in [0.3, 0.4) is 0 Å². The molecule has 1 N–H and O–H groups in total. The zero-order chi connectivity index (χ0) is 15.7. The van der Waals surface area contributed by atoms with Crippen LogP contribution >= 0.6 is 0 Å². The van der Waals surface area contributed by atoms with E-state index in [1.54, 1.807) is 4.90 Å². The Balaban J connectivity index is 2.18. The molecule has 0 radical (unpaired) electrons. The van der Waals surface area contributed by atoms with E-state index in [0.717, 1.165) is 39.0 Å². The first kappa shape index (κ1) is 17.8. The van der Waals surface area contributed by atoms with E-state index >= 15 is 0 Å². The van der Waals surface area contributed by atoms with Crippen molar-refractivity contribution in [2.75, 3.05) is 39.3 Å². The van der Waals surface area contributed by atoms with Crippen LogP contribution in [0.15, 0.2) is 0 Å². The second-order valence-corrected chi connectivity index (χ2v) is 5.23. The van der Waals surface area contributed by atoms with Crippen LogP contribution in [0, 0.1) is 0 Å². The molecule has 1 aliphatic rings. The van der Waals surface area contributed by atoms with E-state index in [1.165, 1.54) is 0 Å². The highest BCUT2D eigenvalue weighted by atomic mass is 16.6. The number of nitrogens with one attached hydrogen (secondary N) is 1. The zero-order valence-electron chi connectivity index (χ0n) is 13.6. The molecule has 1 fully saturated rings. The van der Waals surface area contributed by atoms with Gasteiger partial charge in [-0.1, -0.05) is 0 Å². The number of rotatable bonds is 7. The molecule has 122 valence electrons. The van der Waals surface area contributed by atoms with E-state index in [0.29, 0.717) is 25.6 Å². The third-order valence-electron chi connectivity index (χ3n) is 3.91. The summed E-state index contributed by atoms with van der Waals surface area (Å²) in [5, 5.41) is 3.42. The number of nitrogens with zero attached hydrogens (tertiary/aromatic N) is 2. The monoisotopic (exact) mass is 299 g/mol. The summed E-state index contributed by atoms with van der Waals surface area (Å²) in [6.07, 6.45) is 2.16. The van der Waals surface area contributed by atoms with E-state index in [9.17, 15) is 9.59 Å². The highest BCUT2D eigenvalue weighted by molar-refractivity contribution is 5.76. The molecule has 0 aromatic carbocycles. The molecule has 1 rings (SSSR count). The molecule has 0 bridgehead atoms. The number of hydrogen-bond acceptors (Lipinski definition) is 4. The Kier molecular flexibility index (Phi) is 8.12. The van der Waals surface area contributed by atoms with E-state index in [-0.39, 0.29) is 12.0 Å². The maximum absolute atomic E-state index is 11.9. The standard InChI is InChI=1S/C15H29N3O3/c1-4-17(5-2)14(19)7-10-16-13-8-11-18(12-9-13)15(20)21-6-3/h13,16H,4-12H2,1-3H3. The summed E-state index contributed by atoms with van der Waals surface area (Å²) >= 11 is 0. The van der Waals surface area contributed by atoms with Crippen LogP contribution in [0.1, 0.15) is 40.0 Å². The lowest BCUT2D eigenvalue weighted by atomic mass is 10.1. The molecule has 0 aromatic heterocycles. The Labute approximate surface area is 127 Å². The fourth-order valence-electron chi connectivity index (χ4n) is 2.60. The van der Waals surface area contributed by atoms with Crippen molar-refractivity contribution in [3.8, 4) is 0 Å². The number of carbonyl (C=O) groups is 2. The Morgan fingerprint density at radius 2 is 1.81 bits per heavy atom. The first-order valence-corrected chi connectivity index (χ1v) is 8.05. The van der Waals surface area contributed by atoms with Crippen LogP contribution < -0.4 is 5.32 Å². The molecule has 0 saturated carbocycles. The molecular weight excluding hydrogens is 270 g/mol. The number of amides is 2. The van der Waals surface area contributed by atoms with E-state index in [1.807, 2.05) is 25.7 Å². The van der Waals surface area contributed by atoms with Gasteiger partial charge in [0.05, 0.1) is 6.61 Å². The topological polar surface area (TPSA) is 61.9 Å². The molecule has 0 atom stereocenters. The Hall–Kier alpha value is -1.30. The molecule has 21 heavy (non-hydrogen) atoms. The molecule has 0 unspecified atom stereocenters. The van der Waals surface area contributed by atoms with Crippen molar-refractivity contribution in [2.45, 2.75) is 46.1 Å². The molecular formula is C15H29N3O3. The maximum atomic E-state index is 11.9. The highest BCUT2D eigenvalue weighted by Crippen LogP contribution is 2.11. The Morgan fingerprint density at radius 3 is 2.33 bits per heavy atom. The van der Waals surface area contributed by atoms with Crippen LogP contribution in [0.4, 0.5) is 4.79 Å². The van der Waals surface area contributed by atoms with E-state index in [2.05, 4.69) is 5.32 Å². The van der Waals surface area contributed by atoms with Gasteiger partial charge in [-0.3, -0.25) is 4.79 Å². The summed E-state index contributed by atoms with van der Waals surface area (Å²) < 4.78 is 5.00. The Bertz CT molecular complexity index is 324. The van der Waals surface area contributed by atoms with Gasteiger partial charge < -0.3 is 19.9 Å². The lowest BCUT2D eigenvalue weighted by Gasteiger charge is -2.31. The predicted molar refractivity (Wildman–Crippen MR) is 82.2 cm³/mol. The Morgan fingerprint density at radius 1 is 1.19 bits per heavy atom. The number of piperidine rings is 1. The van der Waals surface area contributed by atoms with Gasteiger partial charge in [0, 0.05) is 45.2 Å². The average molecular weight is 299 g/mol. The predicted octanol–water partition coefficient (Wildman–Crippen LogP) is 1.46. The van der Waals surface area contributed by atoms with Crippen molar-refractivity contribution in [1.29, 1.82) is 0 Å². The second kappa shape index (κ2) is 9.60. The summed E-state index contributed by atoms with van der Waals surface area (Å²) in [5.41, 5.74) is 0. The van der Waals surface area contributed by atoms with Crippen LogP contribution in [0.2, 0.25) is 0 Å². The van der Waals surface area contributed by atoms with Crippen molar-refractivity contribution in [3.05, 3.63) is 0 Å². The minimum atomic E-state index is -0.215. The van der Waals surface area contributed by atoms with Gasteiger partial charge in [-0.15, -0.1) is 0 Å². The molecule has 1 aliphatic heterocycles. The molecule has 1 saturated heterocycles. The van der Waals surface area contributed by atoms with Gasteiger partial charge in [0.25, 0.3) is 0 Å². The molecule has 1 heterocycles. The summed E-state index contributed by atoms with van der Waals surface area (Å²) in [6, 6.07) is 0.389. The van der Waals surface area contributed by atoms with E-state index < -0.39 is 0 Å². The van der Waals surface area contributed by atoms with Crippen molar-refractivity contribution in [1.82, 2.24) is 15.1 Å². The quantitative estimate of drug-likeness (QED) is 0.773. The van der Waals surface area contributed by atoms with Crippen LogP contribution in [-0.2, 0) is 9.53 Å². The van der Waals surface area contributed by atoms with Gasteiger partial charge in [0.15, 0.2) is 0 Å². The smallest absolute Gasteiger partial charge is 0.409 e. The van der Waals surface area contributed by atoms with Gasteiger partial charge in [0.1, 0.15) is 0 Å². The summed E-state index contributed by atoms with van der Waals surface area (Å²) in [4.78, 5) is 27.1. The fraction of sp³-hybridized carbons (Fsp3) is 0.867. The average Bonchev–Trinajstić information content (AvgIpc) is 2.49. The highest BCUT2D eigenvalue weighted by Gasteiger charge is 2.23. The fourth-order valence-corrected chi connectivity index (χ4v) is 2.60. The van der Waals surface area contributed by atoms with E-state index in [4.69, 9.17) is 4.74 Å². The molecule has 6 heteroatoms. The molecule has 2 amide bonds. The summed E-state index contributed by atoms with van der Waals surface area (Å²) in [5.74, 6) is 0.205. The largest absolute Gasteiger partial charge is 0.450 e. The van der Waals surface area contributed by atoms with Gasteiger partial charge >= 0.3 is 6.09 Å². The molecule has 0 spiro atoms. The minimum Gasteiger partial charge on any atom is -0.450 e. The number of carbonyl (C=O) groups excluding carboxylic acids is 2. The normalized spacial score (nSPS) is 15.9.